The normalized spacial score (nSPS) is 10.4. The maximum atomic E-state index is 5.22. The predicted molar refractivity (Wildman–Crippen MR) is 75.1 cm³/mol. The van der Waals surface area contributed by atoms with Gasteiger partial charge in [-0.05, 0) is 18.2 Å². The van der Waals surface area contributed by atoms with Crippen LogP contribution in [0.25, 0.3) is 22.1 Å². The SMILES string of the molecule is COc1cccc(-c2csc(-c3ncccn3)n2)c1. The summed E-state index contributed by atoms with van der Waals surface area (Å²) in [6, 6.07) is 9.63. The highest BCUT2D eigenvalue weighted by molar-refractivity contribution is 7.13. The number of hydrogen-bond acceptors (Lipinski definition) is 5. The van der Waals surface area contributed by atoms with Crippen molar-refractivity contribution in [1.82, 2.24) is 15.0 Å². The molecule has 0 N–H and O–H groups in total. The number of hydrogen-bond donors (Lipinski definition) is 0. The van der Waals surface area contributed by atoms with Gasteiger partial charge in [0.05, 0.1) is 12.8 Å². The van der Waals surface area contributed by atoms with E-state index in [1.165, 1.54) is 11.3 Å². The molecule has 0 unspecified atom stereocenters. The van der Waals surface area contributed by atoms with Crippen molar-refractivity contribution in [2.24, 2.45) is 0 Å². The third-order valence-corrected chi connectivity index (χ3v) is 3.46. The van der Waals surface area contributed by atoms with Crippen molar-refractivity contribution in [2.75, 3.05) is 7.11 Å². The van der Waals surface area contributed by atoms with Crippen LogP contribution in [0.3, 0.4) is 0 Å². The number of methoxy groups -OCH3 is 1. The van der Waals surface area contributed by atoms with E-state index in [0.717, 1.165) is 22.0 Å². The predicted octanol–water partition coefficient (Wildman–Crippen LogP) is 3.28. The van der Waals surface area contributed by atoms with Gasteiger partial charge in [0.1, 0.15) is 5.75 Å². The molecule has 5 heteroatoms. The quantitative estimate of drug-likeness (QED) is 0.732. The van der Waals surface area contributed by atoms with Crippen molar-refractivity contribution < 1.29 is 4.74 Å². The molecule has 0 amide bonds. The van der Waals surface area contributed by atoms with Gasteiger partial charge >= 0.3 is 0 Å². The standard InChI is InChI=1S/C14H11N3OS/c1-18-11-5-2-4-10(8-11)12-9-19-14(17-12)13-15-6-3-7-16-13/h2-9H,1H3. The molecular weight excluding hydrogens is 258 g/mol. The largest absolute Gasteiger partial charge is 0.497 e. The van der Waals surface area contributed by atoms with Crippen LogP contribution in [0.4, 0.5) is 0 Å². The maximum Gasteiger partial charge on any atom is 0.188 e. The lowest BCUT2D eigenvalue weighted by molar-refractivity contribution is 0.415. The Kier molecular flexibility index (Phi) is 3.20. The molecule has 0 saturated carbocycles. The second-order valence-electron chi connectivity index (χ2n) is 3.84. The van der Waals surface area contributed by atoms with Crippen molar-refractivity contribution in [2.45, 2.75) is 0 Å². The zero-order valence-corrected chi connectivity index (χ0v) is 11.1. The maximum absolute atomic E-state index is 5.22. The first-order valence-corrected chi connectivity index (χ1v) is 6.62. The van der Waals surface area contributed by atoms with E-state index in [4.69, 9.17) is 4.74 Å². The summed E-state index contributed by atoms with van der Waals surface area (Å²) in [7, 11) is 1.66. The van der Waals surface area contributed by atoms with Gasteiger partial charge in [-0.25, -0.2) is 15.0 Å². The summed E-state index contributed by atoms with van der Waals surface area (Å²) in [5, 5.41) is 2.82. The van der Waals surface area contributed by atoms with Crippen molar-refractivity contribution in [3.8, 4) is 27.8 Å². The van der Waals surface area contributed by atoms with Gasteiger partial charge in [0.15, 0.2) is 10.8 Å². The Morgan fingerprint density at radius 3 is 2.74 bits per heavy atom. The van der Waals surface area contributed by atoms with E-state index in [0.29, 0.717) is 5.82 Å². The number of benzene rings is 1. The molecule has 3 aromatic rings. The molecule has 0 spiro atoms. The molecule has 0 aliphatic heterocycles. The van der Waals surface area contributed by atoms with E-state index in [-0.39, 0.29) is 0 Å². The van der Waals surface area contributed by atoms with E-state index < -0.39 is 0 Å². The third kappa shape index (κ3) is 2.46. The van der Waals surface area contributed by atoms with Crippen molar-refractivity contribution in [3.63, 3.8) is 0 Å². The minimum Gasteiger partial charge on any atom is -0.497 e. The summed E-state index contributed by atoms with van der Waals surface area (Å²) in [6.07, 6.45) is 3.43. The van der Waals surface area contributed by atoms with E-state index in [2.05, 4.69) is 15.0 Å². The van der Waals surface area contributed by atoms with Crippen LogP contribution in [-0.4, -0.2) is 22.1 Å². The summed E-state index contributed by atoms with van der Waals surface area (Å²) in [4.78, 5) is 13.0. The zero-order valence-electron chi connectivity index (χ0n) is 10.3. The molecule has 2 aromatic heterocycles. The third-order valence-electron chi connectivity index (χ3n) is 2.63. The van der Waals surface area contributed by atoms with Crippen LogP contribution in [0.2, 0.25) is 0 Å². The van der Waals surface area contributed by atoms with E-state index >= 15 is 0 Å². The molecule has 94 valence electrons. The molecule has 4 nitrogen and oxygen atoms in total. The summed E-state index contributed by atoms with van der Waals surface area (Å²) in [5.74, 6) is 1.48. The van der Waals surface area contributed by atoms with Gasteiger partial charge in [0.25, 0.3) is 0 Å². The molecule has 0 atom stereocenters. The van der Waals surface area contributed by atoms with Gasteiger partial charge in [0, 0.05) is 23.3 Å². The Morgan fingerprint density at radius 2 is 1.95 bits per heavy atom. The first-order chi connectivity index (χ1) is 9.36. The minimum atomic E-state index is 0.654. The van der Waals surface area contributed by atoms with E-state index in [1.807, 2.05) is 29.6 Å². The molecule has 0 aliphatic carbocycles. The van der Waals surface area contributed by atoms with Crippen LogP contribution < -0.4 is 4.74 Å². The molecule has 1 aromatic carbocycles. The van der Waals surface area contributed by atoms with Gasteiger partial charge in [-0.3, -0.25) is 0 Å². The Hall–Kier alpha value is -2.27. The molecule has 0 saturated heterocycles. The summed E-state index contributed by atoms with van der Waals surface area (Å²) >= 11 is 1.53. The number of aromatic nitrogens is 3. The summed E-state index contributed by atoms with van der Waals surface area (Å²) in [6.45, 7) is 0. The van der Waals surface area contributed by atoms with Gasteiger partial charge < -0.3 is 4.74 Å². The smallest absolute Gasteiger partial charge is 0.188 e. The highest BCUT2D eigenvalue weighted by Crippen LogP contribution is 2.28. The van der Waals surface area contributed by atoms with Crippen LogP contribution in [0.5, 0.6) is 5.75 Å². The molecule has 0 radical (unpaired) electrons. The van der Waals surface area contributed by atoms with Gasteiger partial charge in [0.2, 0.25) is 0 Å². The molecule has 19 heavy (non-hydrogen) atoms. The Labute approximate surface area is 114 Å². The summed E-state index contributed by atoms with van der Waals surface area (Å²) in [5.41, 5.74) is 1.93. The molecule has 3 rings (SSSR count). The van der Waals surface area contributed by atoms with Gasteiger partial charge in [-0.1, -0.05) is 12.1 Å². The first kappa shape index (κ1) is 11.8. The fraction of sp³-hybridized carbons (Fsp3) is 0.0714. The van der Waals surface area contributed by atoms with Crippen LogP contribution in [-0.2, 0) is 0 Å². The fourth-order valence-electron chi connectivity index (χ4n) is 1.70. The van der Waals surface area contributed by atoms with Crippen molar-refractivity contribution in [1.29, 1.82) is 0 Å². The Morgan fingerprint density at radius 1 is 1.11 bits per heavy atom. The first-order valence-electron chi connectivity index (χ1n) is 5.74. The lowest BCUT2D eigenvalue weighted by Gasteiger charge is -2.01. The lowest BCUT2D eigenvalue weighted by Crippen LogP contribution is -1.86. The van der Waals surface area contributed by atoms with Crippen LogP contribution in [0.15, 0.2) is 48.1 Å². The number of thiazole rings is 1. The highest BCUT2D eigenvalue weighted by Gasteiger charge is 2.08. The zero-order chi connectivity index (χ0) is 13.1. The number of nitrogens with zero attached hydrogens (tertiary/aromatic N) is 3. The molecule has 0 fully saturated rings. The average Bonchev–Trinajstić information content (AvgIpc) is 2.98. The second-order valence-corrected chi connectivity index (χ2v) is 4.70. The number of rotatable bonds is 3. The molecule has 0 bridgehead atoms. The topological polar surface area (TPSA) is 47.9 Å². The van der Waals surface area contributed by atoms with Gasteiger partial charge in [-0.15, -0.1) is 11.3 Å². The van der Waals surface area contributed by atoms with Gasteiger partial charge in [-0.2, -0.15) is 0 Å². The monoisotopic (exact) mass is 269 g/mol. The van der Waals surface area contributed by atoms with Crippen LogP contribution >= 0.6 is 11.3 Å². The molecular formula is C14H11N3OS. The minimum absolute atomic E-state index is 0.654. The van der Waals surface area contributed by atoms with E-state index in [1.54, 1.807) is 25.6 Å². The lowest BCUT2D eigenvalue weighted by atomic mass is 10.2. The average molecular weight is 269 g/mol. The van der Waals surface area contributed by atoms with E-state index in [9.17, 15) is 0 Å². The highest BCUT2D eigenvalue weighted by atomic mass is 32.1. The van der Waals surface area contributed by atoms with Crippen LogP contribution in [0, 0.1) is 0 Å². The van der Waals surface area contributed by atoms with Crippen molar-refractivity contribution in [3.05, 3.63) is 48.1 Å². The second kappa shape index (κ2) is 5.16. The molecule has 2 heterocycles. The van der Waals surface area contributed by atoms with Crippen LogP contribution in [0.1, 0.15) is 0 Å². The Balaban J connectivity index is 1.97. The number of ether oxygens (including phenoxy) is 1. The van der Waals surface area contributed by atoms with Crippen molar-refractivity contribution >= 4 is 11.3 Å². The fourth-order valence-corrected chi connectivity index (χ4v) is 2.47. The Bertz CT molecular complexity index is 682. The summed E-state index contributed by atoms with van der Waals surface area (Å²) < 4.78 is 5.22. The molecule has 0 aliphatic rings.